The number of carbonyl (C=O) groups excluding carboxylic acids is 5. The Morgan fingerprint density at radius 1 is 0.811 bits per heavy atom. The number of hydrogen-bond acceptors (Lipinski definition) is 9. The number of carbonyl (C=O) groups is 5. The molecule has 0 aromatic heterocycles. The van der Waals surface area contributed by atoms with E-state index in [1.165, 1.54) is 9.80 Å². The van der Waals surface area contributed by atoms with E-state index in [0.717, 1.165) is 12.0 Å². The zero-order chi connectivity index (χ0) is 40.4. The number of hydrogen-bond donors (Lipinski definition) is 2. The Bertz CT molecular complexity index is 1380. The van der Waals surface area contributed by atoms with Gasteiger partial charge in [0.15, 0.2) is 0 Å². The number of nitrogens with one attached hydrogen (secondary N) is 2. The van der Waals surface area contributed by atoms with Gasteiger partial charge in [0.2, 0.25) is 5.91 Å². The van der Waals surface area contributed by atoms with Crippen LogP contribution in [0.15, 0.2) is 24.3 Å². The third-order valence-corrected chi connectivity index (χ3v) is 7.73. The molecule has 2 N–H and O–H groups in total. The summed E-state index contributed by atoms with van der Waals surface area (Å²) >= 11 is 0. The van der Waals surface area contributed by atoms with Crippen molar-refractivity contribution in [1.29, 1.82) is 0 Å². The third-order valence-electron chi connectivity index (χ3n) is 7.73. The second-order valence-electron chi connectivity index (χ2n) is 17.7. The molecule has 0 unspecified atom stereocenters. The summed E-state index contributed by atoms with van der Waals surface area (Å²) in [4.78, 5) is 70.3. The molecule has 0 saturated carbocycles. The summed E-state index contributed by atoms with van der Waals surface area (Å²) in [5.74, 6) is -1.89. The summed E-state index contributed by atoms with van der Waals surface area (Å²) in [7, 11) is 0. The van der Waals surface area contributed by atoms with Crippen molar-refractivity contribution in [2.24, 2.45) is 5.92 Å². The Hall–Kier alpha value is -4.03. The van der Waals surface area contributed by atoms with Gasteiger partial charge in [-0.2, -0.15) is 0 Å². The predicted octanol–water partition coefficient (Wildman–Crippen LogP) is 6.40. The maximum atomic E-state index is 14.0. The number of ether oxygens (including phenoxy) is 4. The van der Waals surface area contributed by atoms with E-state index in [1.54, 1.807) is 62.3 Å². The van der Waals surface area contributed by atoms with Crippen LogP contribution in [0.5, 0.6) is 5.75 Å². The number of urea groups is 1. The SMILES string of the molecule is CCCCN(C[C@H](CNC(=O)[C@@H]1CCCN1C(=O)OC(C)(C)C)C(=O)OC(C)(C)C)C(=O)N[C@@H](Cc1ccc(OC(C)(C)C)cc1)C(=O)OC(C)(C)C. The van der Waals surface area contributed by atoms with Gasteiger partial charge in [-0.05, 0) is 120 Å². The van der Waals surface area contributed by atoms with Gasteiger partial charge in [-0.1, -0.05) is 25.5 Å². The van der Waals surface area contributed by atoms with Crippen molar-refractivity contribution in [3.8, 4) is 5.75 Å². The normalized spacial score (nSPS) is 16.2. The fraction of sp³-hybridized carbons (Fsp3) is 0.725. The number of rotatable bonds is 14. The molecule has 53 heavy (non-hydrogen) atoms. The largest absolute Gasteiger partial charge is 0.488 e. The highest BCUT2D eigenvalue weighted by Crippen LogP contribution is 2.23. The topological polar surface area (TPSA) is 153 Å². The van der Waals surface area contributed by atoms with E-state index in [2.05, 4.69) is 10.6 Å². The summed E-state index contributed by atoms with van der Waals surface area (Å²) in [6.07, 6.45) is 2.05. The van der Waals surface area contributed by atoms with Gasteiger partial charge in [0, 0.05) is 32.6 Å². The summed E-state index contributed by atoms with van der Waals surface area (Å²) in [6, 6.07) is 4.96. The Morgan fingerprint density at radius 3 is 1.91 bits per heavy atom. The van der Waals surface area contributed by atoms with Crippen LogP contribution < -0.4 is 15.4 Å². The lowest BCUT2D eigenvalue weighted by molar-refractivity contribution is -0.161. The molecular formula is C40H66N4O9. The molecule has 0 radical (unpaired) electrons. The highest BCUT2D eigenvalue weighted by atomic mass is 16.6. The molecule has 1 fully saturated rings. The first-order chi connectivity index (χ1) is 24.3. The van der Waals surface area contributed by atoms with Crippen LogP contribution in [0.3, 0.4) is 0 Å². The lowest BCUT2D eigenvalue weighted by Gasteiger charge is -2.32. The summed E-state index contributed by atoms with van der Waals surface area (Å²) < 4.78 is 22.9. The van der Waals surface area contributed by atoms with E-state index in [1.807, 2.05) is 52.0 Å². The van der Waals surface area contributed by atoms with Gasteiger partial charge in [0.25, 0.3) is 0 Å². The average Bonchev–Trinajstić information content (AvgIpc) is 3.48. The van der Waals surface area contributed by atoms with Crippen molar-refractivity contribution >= 4 is 30.0 Å². The zero-order valence-corrected chi connectivity index (χ0v) is 34.5. The predicted molar refractivity (Wildman–Crippen MR) is 203 cm³/mol. The lowest BCUT2D eigenvalue weighted by Crippen LogP contribution is -2.54. The molecule has 1 saturated heterocycles. The van der Waals surface area contributed by atoms with Gasteiger partial charge in [0.05, 0.1) is 5.92 Å². The third kappa shape index (κ3) is 17.1. The smallest absolute Gasteiger partial charge is 0.410 e. The summed E-state index contributed by atoms with van der Waals surface area (Å²) in [6.45, 7) is 24.1. The lowest BCUT2D eigenvalue weighted by atomic mass is 10.0. The van der Waals surface area contributed by atoms with Crippen LogP contribution in [0, 0.1) is 5.92 Å². The van der Waals surface area contributed by atoms with Crippen molar-refractivity contribution in [1.82, 2.24) is 20.4 Å². The Labute approximate surface area is 317 Å². The fourth-order valence-electron chi connectivity index (χ4n) is 5.51. The first-order valence-corrected chi connectivity index (χ1v) is 18.8. The van der Waals surface area contributed by atoms with Crippen molar-refractivity contribution in [2.75, 3.05) is 26.2 Å². The molecule has 13 heteroatoms. The van der Waals surface area contributed by atoms with Crippen molar-refractivity contribution in [3.05, 3.63) is 29.8 Å². The Morgan fingerprint density at radius 2 is 1.38 bits per heavy atom. The van der Waals surface area contributed by atoms with E-state index in [-0.39, 0.29) is 31.7 Å². The van der Waals surface area contributed by atoms with E-state index in [4.69, 9.17) is 18.9 Å². The minimum atomic E-state index is -1.04. The molecule has 3 atom stereocenters. The number of unbranched alkanes of at least 4 members (excludes halogenated alkanes) is 1. The summed E-state index contributed by atoms with van der Waals surface area (Å²) in [5, 5.41) is 5.72. The monoisotopic (exact) mass is 746 g/mol. The quantitative estimate of drug-likeness (QED) is 0.163. The first kappa shape index (κ1) is 45.1. The summed E-state index contributed by atoms with van der Waals surface area (Å²) in [5.41, 5.74) is -1.95. The van der Waals surface area contributed by atoms with E-state index in [0.29, 0.717) is 31.6 Å². The highest BCUT2D eigenvalue weighted by molar-refractivity contribution is 5.87. The molecule has 0 spiro atoms. The van der Waals surface area contributed by atoms with Crippen LogP contribution in [0.1, 0.15) is 121 Å². The van der Waals surface area contributed by atoms with Crippen molar-refractivity contribution < 1.29 is 42.9 Å². The molecular weight excluding hydrogens is 680 g/mol. The van der Waals surface area contributed by atoms with Gasteiger partial charge in [0.1, 0.15) is 40.2 Å². The highest BCUT2D eigenvalue weighted by Gasteiger charge is 2.38. The van der Waals surface area contributed by atoms with E-state index in [9.17, 15) is 24.0 Å². The molecule has 300 valence electrons. The number of esters is 2. The molecule has 0 aliphatic carbocycles. The number of likely N-dealkylation sites (tertiary alicyclic amines) is 1. The molecule has 13 nitrogen and oxygen atoms in total. The standard InChI is InChI=1S/C40H66N4O9/c1-14-15-22-43(35(48)42-30(34(47)52-39(8,9)10)24-27-18-20-29(21-19-27)50-37(2,3)4)26-28(33(46)51-38(5,6)7)25-41-32(45)31-17-16-23-44(31)36(49)53-40(11,12)13/h18-21,28,30-31H,14-17,22-26H2,1-13H3,(H,41,45)(H,42,48)/t28-,30-,31-/m0/s1. The van der Waals surface area contributed by atoms with Crippen LogP contribution in [-0.2, 0) is 35.0 Å². The molecule has 1 aromatic rings. The van der Waals surface area contributed by atoms with Gasteiger partial charge in [-0.25, -0.2) is 14.4 Å². The van der Waals surface area contributed by atoms with Crippen molar-refractivity contribution in [2.45, 2.75) is 157 Å². The van der Waals surface area contributed by atoms with Gasteiger partial charge < -0.3 is 34.5 Å². The van der Waals surface area contributed by atoms with Crippen LogP contribution >= 0.6 is 0 Å². The maximum absolute atomic E-state index is 14.0. The van der Waals surface area contributed by atoms with Crippen LogP contribution in [0.2, 0.25) is 0 Å². The second-order valence-corrected chi connectivity index (χ2v) is 17.7. The molecule has 1 heterocycles. The van der Waals surface area contributed by atoms with E-state index >= 15 is 0 Å². The van der Waals surface area contributed by atoms with Crippen LogP contribution in [0.4, 0.5) is 9.59 Å². The van der Waals surface area contributed by atoms with E-state index < -0.39 is 64.8 Å². The Kier molecular flexibility index (Phi) is 16.0. The molecule has 1 aromatic carbocycles. The molecule has 2 rings (SSSR count). The van der Waals surface area contributed by atoms with Gasteiger partial charge >= 0.3 is 24.1 Å². The molecule has 1 aliphatic rings. The van der Waals surface area contributed by atoms with Crippen LogP contribution in [0.25, 0.3) is 0 Å². The molecule has 0 bridgehead atoms. The number of benzene rings is 1. The second kappa shape index (κ2) is 18.8. The number of nitrogens with zero attached hydrogens (tertiary/aromatic N) is 2. The molecule has 1 aliphatic heterocycles. The fourth-order valence-corrected chi connectivity index (χ4v) is 5.51. The average molecular weight is 747 g/mol. The number of amides is 4. The Balaban J connectivity index is 2.33. The zero-order valence-electron chi connectivity index (χ0n) is 34.5. The maximum Gasteiger partial charge on any atom is 0.410 e. The van der Waals surface area contributed by atoms with Gasteiger partial charge in [-0.3, -0.25) is 14.5 Å². The minimum absolute atomic E-state index is 0.0959. The first-order valence-electron chi connectivity index (χ1n) is 18.8. The minimum Gasteiger partial charge on any atom is -0.488 e. The molecule has 4 amide bonds. The van der Waals surface area contributed by atoms with Crippen molar-refractivity contribution in [3.63, 3.8) is 0 Å². The van der Waals surface area contributed by atoms with Gasteiger partial charge in [-0.15, -0.1) is 0 Å². The van der Waals surface area contributed by atoms with Crippen LogP contribution in [-0.4, -0.2) is 100 Å².